The first kappa shape index (κ1) is 15.7. The van der Waals surface area contributed by atoms with Crippen molar-refractivity contribution in [2.75, 3.05) is 6.61 Å². The number of hydrogen-bond donors (Lipinski definition) is 0. The van der Waals surface area contributed by atoms with Gasteiger partial charge in [-0.3, -0.25) is 14.9 Å². The van der Waals surface area contributed by atoms with E-state index in [2.05, 4.69) is 0 Å². The molecule has 2 aromatic rings. The summed E-state index contributed by atoms with van der Waals surface area (Å²) < 4.78 is 5.40. The van der Waals surface area contributed by atoms with Gasteiger partial charge in [0.15, 0.2) is 18.1 Å². The lowest BCUT2D eigenvalue weighted by molar-refractivity contribution is -0.385. The molecule has 0 aliphatic heterocycles. The van der Waals surface area contributed by atoms with Crippen LogP contribution in [0, 0.1) is 30.9 Å². The van der Waals surface area contributed by atoms with Crippen LogP contribution in [0.5, 0.6) is 5.75 Å². The molecular weight excluding hydrogens is 282 g/mol. The summed E-state index contributed by atoms with van der Waals surface area (Å²) in [7, 11) is 0. The number of rotatable bonds is 5. The van der Waals surface area contributed by atoms with Crippen molar-refractivity contribution < 1.29 is 14.5 Å². The Morgan fingerprint density at radius 3 is 2.41 bits per heavy atom. The largest absolute Gasteiger partial charge is 0.478 e. The number of nitro groups is 1. The van der Waals surface area contributed by atoms with Crippen molar-refractivity contribution >= 4 is 11.5 Å². The third-order valence-corrected chi connectivity index (χ3v) is 3.36. The van der Waals surface area contributed by atoms with Crippen LogP contribution in [0.1, 0.15) is 27.0 Å². The first-order valence-corrected chi connectivity index (χ1v) is 6.87. The smallest absolute Gasteiger partial charge is 0.310 e. The molecule has 0 heterocycles. The van der Waals surface area contributed by atoms with Crippen LogP contribution in [0.4, 0.5) is 5.69 Å². The predicted octanol–water partition coefficient (Wildman–Crippen LogP) is 3.78. The summed E-state index contributed by atoms with van der Waals surface area (Å²) in [5.74, 6) is -0.0827. The summed E-state index contributed by atoms with van der Waals surface area (Å²) in [4.78, 5) is 22.7. The van der Waals surface area contributed by atoms with E-state index < -0.39 is 4.92 Å². The number of benzene rings is 2. The van der Waals surface area contributed by atoms with Crippen molar-refractivity contribution in [2.45, 2.75) is 20.8 Å². The zero-order valence-electron chi connectivity index (χ0n) is 12.8. The van der Waals surface area contributed by atoms with Crippen LogP contribution < -0.4 is 4.74 Å². The average molecular weight is 299 g/mol. The summed E-state index contributed by atoms with van der Waals surface area (Å²) in [6.45, 7) is 5.34. The number of aryl methyl sites for hydroxylation is 3. The molecule has 0 aliphatic rings. The highest BCUT2D eigenvalue weighted by Crippen LogP contribution is 2.28. The molecule has 0 unspecified atom stereocenters. The Hall–Kier alpha value is -2.69. The first-order chi connectivity index (χ1) is 10.4. The molecule has 2 aromatic carbocycles. The fraction of sp³-hybridized carbons (Fsp3) is 0.235. The number of nitrogens with zero attached hydrogens (tertiary/aromatic N) is 1. The van der Waals surface area contributed by atoms with Crippen molar-refractivity contribution in [1.82, 2.24) is 0 Å². The van der Waals surface area contributed by atoms with Crippen LogP contribution in [-0.2, 0) is 0 Å². The molecule has 5 heteroatoms. The summed E-state index contributed by atoms with van der Waals surface area (Å²) in [5, 5.41) is 11.0. The lowest BCUT2D eigenvalue weighted by Crippen LogP contribution is -2.14. The maximum Gasteiger partial charge on any atom is 0.310 e. The molecule has 0 spiro atoms. The number of carbonyl (C=O) groups excluding carboxylic acids is 1. The van der Waals surface area contributed by atoms with Crippen molar-refractivity contribution in [3.05, 3.63) is 68.8 Å². The lowest BCUT2D eigenvalue weighted by atomic mass is 10.0. The van der Waals surface area contributed by atoms with E-state index in [0.717, 1.165) is 16.7 Å². The molecule has 0 saturated carbocycles. The standard InChI is InChI=1S/C17H17NO4/c1-11-4-6-13(3)14(8-11)16(19)10-22-17-9-12(2)5-7-15(17)18(20)21/h4-9H,10H2,1-3H3. The fourth-order valence-corrected chi connectivity index (χ4v) is 2.15. The summed E-state index contributed by atoms with van der Waals surface area (Å²) in [6, 6.07) is 10.2. The number of nitro benzene ring substituents is 1. The van der Waals surface area contributed by atoms with E-state index in [-0.39, 0.29) is 23.8 Å². The van der Waals surface area contributed by atoms with Gasteiger partial charge in [0.2, 0.25) is 0 Å². The first-order valence-electron chi connectivity index (χ1n) is 6.87. The molecule has 0 N–H and O–H groups in total. The van der Waals surface area contributed by atoms with E-state index in [0.29, 0.717) is 5.56 Å². The van der Waals surface area contributed by atoms with E-state index in [1.54, 1.807) is 18.2 Å². The van der Waals surface area contributed by atoms with Crippen LogP contribution in [0.3, 0.4) is 0 Å². The molecule has 2 rings (SSSR count). The molecule has 0 radical (unpaired) electrons. The van der Waals surface area contributed by atoms with E-state index in [1.165, 1.54) is 6.07 Å². The van der Waals surface area contributed by atoms with Gasteiger partial charge in [-0.1, -0.05) is 23.8 Å². The molecule has 0 fully saturated rings. The average Bonchev–Trinajstić information content (AvgIpc) is 2.47. The maximum atomic E-state index is 12.3. The van der Waals surface area contributed by atoms with Gasteiger partial charge in [0.1, 0.15) is 0 Å². The third-order valence-electron chi connectivity index (χ3n) is 3.36. The molecule has 22 heavy (non-hydrogen) atoms. The SMILES string of the molecule is Cc1ccc([N+](=O)[O-])c(OCC(=O)c2cc(C)ccc2C)c1. The van der Waals surface area contributed by atoms with E-state index in [4.69, 9.17) is 4.74 Å². The van der Waals surface area contributed by atoms with E-state index >= 15 is 0 Å². The zero-order chi connectivity index (χ0) is 16.3. The van der Waals surface area contributed by atoms with E-state index in [9.17, 15) is 14.9 Å². The summed E-state index contributed by atoms with van der Waals surface area (Å²) in [6.07, 6.45) is 0. The van der Waals surface area contributed by atoms with Crippen molar-refractivity contribution in [3.8, 4) is 5.75 Å². The Labute approximate surface area is 128 Å². The zero-order valence-corrected chi connectivity index (χ0v) is 12.8. The highest BCUT2D eigenvalue weighted by atomic mass is 16.6. The van der Waals surface area contributed by atoms with Crippen molar-refractivity contribution in [3.63, 3.8) is 0 Å². The lowest BCUT2D eigenvalue weighted by Gasteiger charge is -2.09. The molecule has 0 bridgehead atoms. The monoisotopic (exact) mass is 299 g/mol. The molecule has 0 saturated heterocycles. The summed E-state index contributed by atoms with van der Waals surface area (Å²) >= 11 is 0. The molecule has 114 valence electrons. The van der Waals surface area contributed by atoms with Crippen LogP contribution in [0.25, 0.3) is 0 Å². The third kappa shape index (κ3) is 3.49. The minimum Gasteiger partial charge on any atom is -0.478 e. The van der Waals surface area contributed by atoms with Crippen molar-refractivity contribution in [2.24, 2.45) is 0 Å². The summed E-state index contributed by atoms with van der Waals surface area (Å²) in [5.41, 5.74) is 3.11. The van der Waals surface area contributed by atoms with Crippen LogP contribution in [-0.4, -0.2) is 17.3 Å². The minimum atomic E-state index is -0.517. The Morgan fingerprint density at radius 1 is 1.09 bits per heavy atom. The van der Waals surface area contributed by atoms with Gasteiger partial charge in [-0.25, -0.2) is 0 Å². The topological polar surface area (TPSA) is 69.4 Å². The molecule has 5 nitrogen and oxygen atoms in total. The minimum absolute atomic E-state index is 0.114. The van der Waals surface area contributed by atoms with Gasteiger partial charge in [-0.05, 0) is 44.0 Å². The fourth-order valence-electron chi connectivity index (χ4n) is 2.15. The van der Waals surface area contributed by atoms with Crippen molar-refractivity contribution in [1.29, 1.82) is 0 Å². The molecule has 0 aromatic heterocycles. The second kappa shape index (κ2) is 6.39. The number of ether oxygens (including phenoxy) is 1. The van der Waals surface area contributed by atoms with E-state index in [1.807, 2.05) is 32.9 Å². The van der Waals surface area contributed by atoms with Gasteiger partial charge >= 0.3 is 5.69 Å². The van der Waals surface area contributed by atoms with Gasteiger partial charge in [-0.15, -0.1) is 0 Å². The van der Waals surface area contributed by atoms with Crippen LogP contribution in [0.15, 0.2) is 36.4 Å². The molecule has 0 amide bonds. The Bertz CT molecular complexity index is 737. The highest BCUT2D eigenvalue weighted by Gasteiger charge is 2.17. The number of hydrogen-bond acceptors (Lipinski definition) is 4. The Balaban J connectivity index is 2.19. The van der Waals surface area contributed by atoms with Gasteiger partial charge < -0.3 is 4.74 Å². The quantitative estimate of drug-likeness (QED) is 0.478. The second-order valence-corrected chi connectivity index (χ2v) is 5.26. The van der Waals surface area contributed by atoms with Gasteiger partial charge in [0.05, 0.1) is 4.92 Å². The maximum absolute atomic E-state index is 12.3. The Morgan fingerprint density at radius 2 is 1.73 bits per heavy atom. The molecule has 0 atom stereocenters. The predicted molar refractivity (Wildman–Crippen MR) is 83.6 cm³/mol. The van der Waals surface area contributed by atoms with Crippen LogP contribution >= 0.6 is 0 Å². The highest BCUT2D eigenvalue weighted by molar-refractivity contribution is 5.98. The Kier molecular flexibility index (Phi) is 4.56. The van der Waals surface area contributed by atoms with Crippen LogP contribution in [0.2, 0.25) is 0 Å². The van der Waals surface area contributed by atoms with Gasteiger partial charge in [-0.2, -0.15) is 0 Å². The molecule has 0 aliphatic carbocycles. The van der Waals surface area contributed by atoms with Gasteiger partial charge in [0, 0.05) is 11.6 Å². The van der Waals surface area contributed by atoms with Gasteiger partial charge in [0.25, 0.3) is 0 Å². The second-order valence-electron chi connectivity index (χ2n) is 5.26. The molecular formula is C17H17NO4. The normalized spacial score (nSPS) is 10.3. The number of Topliss-reactive ketones (excluding diaryl/α,β-unsaturated/α-hetero) is 1. The number of carbonyl (C=O) groups is 1. The number of ketones is 1.